The van der Waals surface area contributed by atoms with Crippen LogP contribution in [0.1, 0.15) is 27.0 Å². The summed E-state index contributed by atoms with van der Waals surface area (Å²) in [6, 6.07) is 3.30. The third-order valence-electron chi connectivity index (χ3n) is 5.33. The van der Waals surface area contributed by atoms with Crippen molar-refractivity contribution in [1.29, 1.82) is 0 Å². The quantitative estimate of drug-likeness (QED) is 0.119. The number of rotatable bonds is 0. The van der Waals surface area contributed by atoms with Gasteiger partial charge in [0.25, 0.3) is 0 Å². The van der Waals surface area contributed by atoms with Crippen LogP contribution in [0.2, 0.25) is 20.1 Å². The maximum atomic E-state index is 13.3. The molecule has 2 heterocycles. The molecule has 0 aliphatic carbocycles. The van der Waals surface area contributed by atoms with Gasteiger partial charge in [0.15, 0.2) is 17.1 Å². The number of carbonyl (C=O) groups is 1. The summed E-state index contributed by atoms with van der Waals surface area (Å²) in [5.74, 6) is -0.246. The second-order valence-corrected chi connectivity index (χ2v) is 13.0. The van der Waals surface area contributed by atoms with Crippen molar-refractivity contribution < 1.29 is 83.6 Å². The summed E-state index contributed by atoms with van der Waals surface area (Å²) in [7, 11) is 0. The Hall–Kier alpha value is 2.61. The Labute approximate surface area is 317 Å². The third-order valence-corrected chi connectivity index (χ3v) is 10.8. The fourth-order valence-electron chi connectivity index (χ4n) is 3.93. The molecule has 0 amide bonds. The molecule has 2 aliphatic heterocycles. The van der Waals surface area contributed by atoms with Crippen molar-refractivity contribution in [2.45, 2.75) is 5.60 Å². The van der Waals surface area contributed by atoms with Crippen LogP contribution in [-0.2, 0) is 10.3 Å². The summed E-state index contributed by atoms with van der Waals surface area (Å²) in [6.45, 7) is 0. The standard InChI is InChI=1S/C20H4Cl4I4O5.2Na/c21-9-7-8(10(22)12(24)11(9)23)20(33-19(7)31)3-1-5(25)15(29)13(27)17(3)32-18-4(20)2-6(26)16(30)14(18)28;;/h1-2,29-30H;;/q;2*+1. The van der Waals surface area contributed by atoms with E-state index in [0.717, 1.165) is 0 Å². The monoisotopic (exact) mass is 1020 g/mol. The number of hydrogen-bond acceptors (Lipinski definition) is 5. The van der Waals surface area contributed by atoms with Crippen LogP contribution in [0.15, 0.2) is 12.1 Å². The number of benzene rings is 3. The van der Waals surface area contributed by atoms with Gasteiger partial charge in [-0.1, -0.05) is 46.4 Å². The zero-order valence-electron chi connectivity index (χ0n) is 17.3. The van der Waals surface area contributed by atoms with Crippen molar-refractivity contribution >= 4 is 143 Å². The summed E-state index contributed by atoms with van der Waals surface area (Å²) in [4.78, 5) is 13.3. The van der Waals surface area contributed by atoms with Crippen molar-refractivity contribution in [2.75, 3.05) is 0 Å². The Morgan fingerprint density at radius 3 is 1.63 bits per heavy atom. The van der Waals surface area contributed by atoms with Crippen molar-refractivity contribution in [1.82, 2.24) is 0 Å². The molecule has 5 nitrogen and oxygen atoms in total. The molecular weight excluding hydrogens is 1020 g/mol. The molecule has 0 fully saturated rings. The van der Waals surface area contributed by atoms with Crippen molar-refractivity contribution in [3.63, 3.8) is 0 Å². The first-order valence-electron chi connectivity index (χ1n) is 8.63. The fourth-order valence-corrected chi connectivity index (χ4v) is 8.57. The normalized spacial score (nSPS) is 14.2. The van der Waals surface area contributed by atoms with Gasteiger partial charge in [0.05, 0.1) is 51.1 Å². The Morgan fingerprint density at radius 1 is 0.743 bits per heavy atom. The molecule has 2 N–H and O–H groups in total. The number of halogens is 8. The number of fused-ring (bicyclic) bond motifs is 6. The SMILES string of the molecule is O=C1OC2(c3cc(I)c(O)c(I)c3Oc3c2cc(I)c(O)c3I)c2c(Cl)c(Cl)c(Cl)c(Cl)c21.[Na+].[Na+]. The number of ether oxygens (including phenoxy) is 2. The average Bonchev–Trinajstić information content (AvgIpc) is 3.08. The van der Waals surface area contributed by atoms with Crippen molar-refractivity contribution in [3.05, 3.63) is 68.8 Å². The van der Waals surface area contributed by atoms with E-state index < -0.39 is 11.6 Å². The first kappa shape index (κ1) is 32.1. The second kappa shape index (κ2) is 11.5. The molecule has 0 atom stereocenters. The molecule has 5 rings (SSSR count). The molecule has 0 saturated carbocycles. The Balaban J connectivity index is 0.00000171. The molecule has 3 aromatic carbocycles. The van der Waals surface area contributed by atoms with Crippen molar-refractivity contribution in [2.24, 2.45) is 0 Å². The summed E-state index contributed by atoms with van der Waals surface area (Å²) >= 11 is 33.7. The van der Waals surface area contributed by atoms with Gasteiger partial charge in [-0.3, -0.25) is 0 Å². The van der Waals surface area contributed by atoms with Crippen LogP contribution in [0.3, 0.4) is 0 Å². The van der Waals surface area contributed by atoms with Gasteiger partial charge in [-0.2, -0.15) is 0 Å². The third kappa shape index (κ3) is 4.60. The van der Waals surface area contributed by atoms with Crippen molar-refractivity contribution in [3.8, 4) is 23.0 Å². The van der Waals surface area contributed by atoms with E-state index in [9.17, 15) is 15.0 Å². The number of phenolic OH excluding ortho intramolecular Hbond substituents is 2. The number of aromatic hydroxyl groups is 2. The Morgan fingerprint density at radius 2 is 1.17 bits per heavy atom. The second-order valence-electron chi connectivity index (χ2n) is 6.97. The fraction of sp³-hybridized carbons (Fsp3) is 0.0500. The van der Waals surface area contributed by atoms with Gasteiger partial charge >= 0.3 is 65.1 Å². The van der Waals surface area contributed by atoms with Crippen LogP contribution in [-0.4, -0.2) is 16.2 Å². The minimum absolute atomic E-state index is 0. The molecule has 0 aromatic heterocycles. The molecule has 2 aliphatic rings. The molecule has 3 aromatic rings. The number of hydrogen-bond donors (Lipinski definition) is 2. The van der Waals surface area contributed by atoms with Crippen LogP contribution >= 0.6 is 137 Å². The average molecular weight is 1020 g/mol. The number of phenols is 2. The molecule has 0 bridgehead atoms. The minimum atomic E-state index is -1.62. The maximum absolute atomic E-state index is 13.3. The van der Waals surface area contributed by atoms with Crippen LogP contribution in [0.25, 0.3) is 0 Å². The first-order valence-corrected chi connectivity index (χ1v) is 14.5. The summed E-state index contributed by atoms with van der Waals surface area (Å²) in [5, 5.41) is 21.0. The first-order chi connectivity index (χ1) is 15.4. The van der Waals surface area contributed by atoms with Gasteiger partial charge in [0.2, 0.25) is 0 Å². The number of esters is 1. The number of carbonyl (C=O) groups excluding carboxylic acids is 1. The maximum Gasteiger partial charge on any atom is 1.00 e. The predicted molar refractivity (Wildman–Crippen MR) is 159 cm³/mol. The minimum Gasteiger partial charge on any atom is -0.506 e. The molecule has 35 heavy (non-hydrogen) atoms. The Bertz CT molecular complexity index is 1410. The van der Waals surface area contributed by atoms with Gasteiger partial charge < -0.3 is 19.7 Å². The van der Waals surface area contributed by atoms with Gasteiger partial charge in [-0.25, -0.2) is 4.79 Å². The van der Waals surface area contributed by atoms with Crippen LogP contribution in [0, 0.1) is 14.3 Å². The van der Waals surface area contributed by atoms with Gasteiger partial charge in [0, 0.05) is 5.56 Å². The smallest absolute Gasteiger partial charge is 0.506 e. The van der Waals surface area contributed by atoms with E-state index in [0.29, 0.717) is 25.4 Å². The van der Waals surface area contributed by atoms with E-state index in [1.165, 1.54) is 0 Å². The van der Waals surface area contributed by atoms with Crippen LogP contribution in [0.4, 0.5) is 0 Å². The summed E-state index contributed by atoms with van der Waals surface area (Å²) in [6.07, 6.45) is 0. The Kier molecular flexibility index (Phi) is 10.5. The van der Waals surface area contributed by atoms with Gasteiger partial charge in [-0.05, 0) is 102 Å². The summed E-state index contributed by atoms with van der Waals surface area (Å²) in [5.41, 5.74) is -0.574. The van der Waals surface area contributed by atoms with Crippen LogP contribution < -0.4 is 63.9 Å². The van der Waals surface area contributed by atoms with E-state index in [-0.39, 0.29) is 113 Å². The van der Waals surface area contributed by atoms with Gasteiger partial charge in [0.1, 0.15) is 11.5 Å². The predicted octanol–water partition coefficient (Wildman–Crippen LogP) is 2.71. The molecule has 0 radical (unpaired) electrons. The molecule has 170 valence electrons. The molecule has 15 heteroatoms. The molecule has 0 unspecified atom stereocenters. The largest absolute Gasteiger partial charge is 1.00 e. The van der Waals surface area contributed by atoms with E-state index >= 15 is 0 Å². The van der Waals surface area contributed by atoms with E-state index in [2.05, 4.69) is 0 Å². The summed E-state index contributed by atoms with van der Waals surface area (Å²) < 4.78 is 14.1. The molecule has 0 saturated heterocycles. The van der Waals surface area contributed by atoms with Crippen LogP contribution in [0.5, 0.6) is 23.0 Å². The van der Waals surface area contributed by atoms with Gasteiger partial charge in [-0.15, -0.1) is 0 Å². The zero-order valence-corrected chi connectivity index (χ0v) is 33.0. The van der Waals surface area contributed by atoms with E-state index in [1.54, 1.807) is 12.1 Å². The topological polar surface area (TPSA) is 76.0 Å². The molecular formula is C20H4Cl4I4Na2O5+2. The zero-order chi connectivity index (χ0) is 24.1. The van der Waals surface area contributed by atoms with E-state index in [1.807, 2.05) is 90.4 Å². The van der Waals surface area contributed by atoms with E-state index in [4.69, 9.17) is 55.9 Å². The molecule has 1 spiro atoms.